The maximum absolute atomic E-state index is 12.5. The van der Waals surface area contributed by atoms with Gasteiger partial charge in [0.25, 0.3) is 5.91 Å². The highest BCUT2D eigenvalue weighted by Gasteiger charge is 2.30. The van der Waals surface area contributed by atoms with Crippen molar-refractivity contribution in [1.29, 1.82) is 0 Å². The Morgan fingerprint density at radius 1 is 1.09 bits per heavy atom. The molecule has 0 saturated heterocycles. The van der Waals surface area contributed by atoms with Crippen LogP contribution in [0.4, 0.5) is 0 Å². The fourth-order valence-corrected chi connectivity index (χ4v) is 3.45. The predicted octanol–water partition coefficient (Wildman–Crippen LogP) is 1.64. The number of carbonyl (C=O) groups is 1. The zero-order valence-corrected chi connectivity index (χ0v) is 12.3. The van der Waals surface area contributed by atoms with Crippen molar-refractivity contribution < 1.29 is 4.79 Å². The molecule has 112 valence electrons. The maximum atomic E-state index is 12.5. The Kier molecular flexibility index (Phi) is 3.21. The molecule has 1 aliphatic heterocycles. The van der Waals surface area contributed by atoms with Gasteiger partial charge in [-0.3, -0.25) is 4.79 Å². The van der Waals surface area contributed by atoms with E-state index in [1.165, 1.54) is 16.7 Å². The van der Waals surface area contributed by atoms with Gasteiger partial charge in [0.15, 0.2) is 0 Å². The van der Waals surface area contributed by atoms with E-state index in [0.717, 1.165) is 25.1 Å². The first-order valence-electron chi connectivity index (χ1n) is 7.69. The van der Waals surface area contributed by atoms with Crippen molar-refractivity contribution in [3.05, 3.63) is 70.3 Å². The summed E-state index contributed by atoms with van der Waals surface area (Å²) in [6.45, 7) is 1.73. The molecule has 1 aliphatic carbocycles. The Balaban J connectivity index is 1.51. The van der Waals surface area contributed by atoms with Gasteiger partial charge in [0, 0.05) is 18.7 Å². The molecule has 2 aromatic rings. The lowest BCUT2D eigenvalue weighted by molar-refractivity contribution is 0.0933. The first-order chi connectivity index (χ1) is 10.7. The van der Waals surface area contributed by atoms with E-state index in [0.29, 0.717) is 5.56 Å². The van der Waals surface area contributed by atoms with Crippen LogP contribution in [-0.4, -0.2) is 11.9 Å². The summed E-state index contributed by atoms with van der Waals surface area (Å²) >= 11 is 0. The van der Waals surface area contributed by atoms with Crippen molar-refractivity contribution in [3.63, 3.8) is 0 Å². The third kappa shape index (κ3) is 2.21. The van der Waals surface area contributed by atoms with Crippen LogP contribution in [0.1, 0.15) is 38.7 Å². The highest BCUT2D eigenvalue weighted by atomic mass is 16.1. The van der Waals surface area contributed by atoms with Gasteiger partial charge < -0.3 is 16.4 Å². The third-order valence-corrected chi connectivity index (χ3v) is 4.70. The molecule has 2 atom stereocenters. The smallest absolute Gasteiger partial charge is 0.251 e. The first kappa shape index (κ1) is 13.5. The summed E-state index contributed by atoms with van der Waals surface area (Å²) in [6.07, 6.45) is 0.801. The monoisotopic (exact) mass is 293 g/mol. The summed E-state index contributed by atoms with van der Waals surface area (Å²) in [7, 11) is 0. The summed E-state index contributed by atoms with van der Waals surface area (Å²) in [5.41, 5.74) is 11.9. The fourth-order valence-electron chi connectivity index (χ4n) is 3.45. The van der Waals surface area contributed by atoms with Crippen LogP contribution in [0, 0.1) is 0 Å². The van der Waals surface area contributed by atoms with E-state index in [-0.39, 0.29) is 18.0 Å². The number of nitrogens with two attached hydrogens (primary N) is 1. The Labute approximate surface area is 129 Å². The fraction of sp³-hybridized carbons (Fsp3) is 0.278. The summed E-state index contributed by atoms with van der Waals surface area (Å²) in [6, 6.07) is 13.9. The SMILES string of the molecule is N[C@@H]1c2ccccc2C[C@H]1NC(=O)c1ccc2c(c1)CNC2. The molecule has 1 heterocycles. The van der Waals surface area contributed by atoms with E-state index in [4.69, 9.17) is 5.73 Å². The lowest BCUT2D eigenvalue weighted by Crippen LogP contribution is -2.40. The number of nitrogens with one attached hydrogen (secondary N) is 2. The van der Waals surface area contributed by atoms with Crippen LogP contribution in [-0.2, 0) is 19.5 Å². The molecule has 0 spiro atoms. The minimum absolute atomic E-state index is 0.0312. The Morgan fingerprint density at radius 2 is 1.91 bits per heavy atom. The van der Waals surface area contributed by atoms with Gasteiger partial charge in [0.1, 0.15) is 0 Å². The molecule has 4 rings (SSSR count). The van der Waals surface area contributed by atoms with Crippen LogP contribution in [0.3, 0.4) is 0 Å². The molecule has 4 nitrogen and oxygen atoms in total. The van der Waals surface area contributed by atoms with Crippen molar-refractivity contribution in [2.45, 2.75) is 31.6 Å². The second-order valence-corrected chi connectivity index (χ2v) is 6.10. The zero-order valence-electron chi connectivity index (χ0n) is 12.3. The summed E-state index contributed by atoms with van der Waals surface area (Å²) < 4.78 is 0. The quantitative estimate of drug-likeness (QED) is 0.788. The summed E-state index contributed by atoms with van der Waals surface area (Å²) in [4.78, 5) is 12.5. The van der Waals surface area contributed by atoms with Crippen molar-refractivity contribution in [1.82, 2.24) is 10.6 Å². The van der Waals surface area contributed by atoms with Gasteiger partial charge in [-0.25, -0.2) is 0 Å². The largest absolute Gasteiger partial charge is 0.347 e. The number of benzene rings is 2. The van der Waals surface area contributed by atoms with E-state index in [1.54, 1.807) is 0 Å². The molecule has 0 fully saturated rings. The molecule has 2 aliphatic rings. The number of hydrogen-bond donors (Lipinski definition) is 3. The second kappa shape index (κ2) is 5.23. The average Bonchev–Trinajstić information content (AvgIpc) is 3.12. The van der Waals surface area contributed by atoms with Crippen LogP contribution in [0.2, 0.25) is 0 Å². The first-order valence-corrected chi connectivity index (χ1v) is 7.69. The normalized spacial score (nSPS) is 22.2. The highest BCUT2D eigenvalue weighted by Crippen LogP contribution is 2.29. The Hall–Kier alpha value is -2.17. The second-order valence-electron chi connectivity index (χ2n) is 6.10. The van der Waals surface area contributed by atoms with Crippen LogP contribution in [0.25, 0.3) is 0 Å². The molecule has 2 aromatic carbocycles. The van der Waals surface area contributed by atoms with Gasteiger partial charge in [-0.15, -0.1) is 0 Å². The molecule has 0 saturated carbocycles. The number of amides is 1. The van der Waals surface area contributed by atoms with Crippen LogP contribution in [0.15, 0.2) is 42.5 Å². The molecule has 0 radical (unpaired) electrons. The predicted molar refractivity (Wildman–Crippen MR) is 85.3 cm³/mol. The van der Waals surface area contributed by atoms with E-state index < -0.39 is 0 Å². The third-order valence-electron chi connectivity index (χ3n) is 4.70. The van der Waals surface area contributed by atoms with Crippen molar-refractivity contribution >= 4 is 5.91 Å². The van der Waals surface area contributed by atoms with Gasteiger partial charge in [-0.1, -0.05) is 30.3 Å². The van der Waals surface area contributed by atoms with Crippen molar-refractivity contribution in [3.8, 4) is 0 Å². The molecular weight excluding hydrogens is 274 g/mol. The number of carbonyl (C=O) groups excluding carboxylic acids is 1. The molecule has 1 amide bonds. The van der Waals surface area contributed by atoms with Crippen LogP contribution < -0.4 is 16.4 Å². The van der Waals surface area contributed by atoms with Crippen LogP contribution in [0.5, 0.6) is 0 Å². The summed E-state index contributed by atoms with van der Waals surface area (Å²) in [5.74, 6) is -0.0389. The lowest BCUT2D eigenvalue weighted by atomic mass is 10.0. The van der Waals surface area contributed by atoms with Crippen molar-refractivity contribution in [2.24, 2.45) is 5.73 Å². The molecule has 22 heavy (non-hydrogen) atoms. The van der Waals surface area contributed by atoms with E-state index >= 15 is 0 Å². The molecule has 4 heteroatoms. The van der Waals surface area contributed by atoms with Gasteiger partial charge in [-0.05, 0) is 40.8 Å². The van der Waals surface area contributed by atoms with Gasteiger partial charge in [0.2, 0.25) is 0 Å². The van der Waals surface area contributed by atoms with E-state index in [9.17, 15) is 4.79 Å². The van der Waals surface area contributed by atoms with Gasteiger partial charge >= 0.3 is 0 Å². The standard InChI is InChI=1S/C18H19N3O/c19-17-15-4-2-1-3-11(15)8-16(17)21-18(22)12-5-6-13-9-20-10-14(13)7-12/h1-7,16-17,20H,8-10,19H2,(H,21,22)/t16-,17-/m1/s1. The van der Waals surface area contributed by atoms with Crippen LogP contribution >= 0.6 is 0 Å². The maximum Gasteiger partial charge on any atom is 0.251 e. The number of hydrogen-bond acceptors (Lipinski definition) is 3. The lowest BCUT2D eigenvalue weighted by Gasteiger charge is -2.18. The van der Waals surface area contributed by atoms with Gasteiger partial charge in [0.05, 0.1) is 12.1 Å². The Bertz CT molecular complexity index is 741. The number of rotatable bonds is 2. The topological polar surface area (TPSA) is 67.1 Å². The van der Waals surface area contributed by atoms with Gasteiger partial charge in [-0.2, -0.15) is 0 Å². The highest BCUT2D eigenvalue weighted by molar-refractivity contribution is 5.94. The van der Waals surface area contributed by atoms with E-state index in [1.807, 2.05) is 36.4 Å². The average molecular weight is 293 g/mol. The number of fused-ring (bicyclic) bond motifs is 2. The zero-order chi connectivity index (χ0) is 15.1. The molecule has 0 bridgehead atoms. The molecule has 0 aromatic heterocycles. The molecular formula is C18H19N3O. The minimum Gasteiger partial charge on any atom is -0.347 e. The van der Waals surface area contributed by atoms with Crippen molar-refractivity contribution in [2.75, 3.05) is 0 Å². The summed E-state index contributed by atoms with van der Waals surface area (Å²) in [5, 5.41) is 6.39. The molecule has 0 unspecified atom stereocenters. The minimum atomic E-state index is -0.128. The Morgan fingerprint density at radius 3 is 2.77 bits per heavy atom. The molecule has 4 N–H and O–H groups in total. The van der Waals surface area contributed by atoms with E-state index in [2.05, 4.69) is 16.7 Å².